The maximum absolute atomic E-state index is 13.3. The molecule has 2 aliphatic rings. The van der Waals surface area contributed by atoms with Crippen LogP contribution < -0.4 is 11.5 Å². The van der Waals surface area contributed by atoms with Crippen LogP contribution in [0.4, 0.5) is 0 Å². The van der Waals surface area contributed by atoms with E-state index in [1.807, 2.05) is 12.2 Å². The summed E-state index contributed by atoms with van der Waals surface area (Å²) in [6, 6.07) is 0. The number of unbranched alkanes of at least 4 members (excludes halogenated alkanes) is 3. The fourth-order valence-corrected chi connectivity index (χ4v) is 6.91. The molecule has 2 amide bonds. The molecule has 2 aliphatic carbocycles. The van der Waals surface area contributed by atoms with Gasteiger partial charge in [0.1, 0.15) is 0 Å². The van der Waals surface area contributed by atoms with Crippen LogP contribution in [0.15, 0.2) is 46.6 Å². The van der Waals surface area contributed by atoms with E-state index in [1.165, 1.54) is 0 Å². The van der Waals surface area contributed by atoms with E-state index in [2.05, 4.69) is 95.2 Å². The second kappa shape index (κ2) is 15.0. The molecule has 0 saturated heterocycles. The SMILES string of the molecule is CC(C)(C)C1=CC(C=C(CCCCCCC(=CC2C=C(C(C)(C)C)C(=O)C(C(C)(C)C)C2)C(N)=O)C(N)=O)CC(C(C)(C)C)C1=O. The van der Waals surface area contributed by atoms with Gasteiger partial charge in [-0.25, -0.2) is 0 Å². The average molecular weight is 637 g/mol. The molecule has 6 nitrogen and oxygen atoms in total. The van der Waals surface area contributed by atoms with Gasteiger partial charge >= 0.3 is 0 Å². The third-order valence-corrected chi connectivity index (χ3v) is 9.75. The van der Waals surface area contributed by atoms with E-state index < -0.39 is 11.8 Å². The Morgan fingerprint density at radius 1 is 0.609 bits per heavy atom. The van der Waals surface area contributed by atoms with Gasteiger partial charge in [-0.05, 0) is 83.2 Å². The topological polar surface area (TPSA) is 120 Å². The third-order valence-electron chi connectivity index (χ3n) is 9.75. The zero-order chi connectivity index (χ0) is 35.4. The second-order valence-corrected chi connectivity index (χ2v) is 18.1. The predicted octanol–water partition coefficient (Wildman–Crippen LogP) is 8.60. The fourth-order valence-electron chi connectivity index (χ4n) is 6.91. The van der Waals surface area contributed by atoms with Crippen molar-refractivity contribution in [3.8, 4) is 0 Å². The zero-order valence-corrected chi connectivity index (χ0v) is 31.1. The Hall–Kier alpha value is -2.76. The predicted molar refractivity (Wildman–Crippen MR) is 189 cm³/mol. The van der Waals surface area contributed by atoms with Gasteiger partial charge in [0.25, 0.3) is 0 Å². The number of hydrogen-bond acceptors (Lipinski definition) is 4. The maximum Gasteiger partial charge on any atom is 0.244 e. The summed E-state index contributed by atoms with van der Waals surface area (Å²) in [5, 5.41) is 0. The highest BCUT2D eigenvalue weighted by atomic mass is 16.2. The quantitative estimate of drug-likeness (QED) is 0.174. The summed E-state index contributed by atoms with van der Waals surface area (Å²) >= 11 is 0. The highest BCUT2D eigenvalue weighted by molar-refractivity contribution is 6.00. The fraction of sp³-hybridized carbons (Fsp3) is 0.700. The zero-order valence-electron chi connectivity index (χ0n) is 31.1. The molecule has 0 bridgehead atoms. The number of rotatable bonds is 11. The lowest BCUT2D eigenvalue weighted by Crippen LogP contribution is -2.37. The van der Waals surface area contributed by atoms with Crippen LogP contribution in [-0.4, -0.2) is 23.4 Å². The molecular weight excluding hydrogens is 572 g/mol. The Bertz CT molecular complexity index is 1180. The largest absolute Gasteiger partial charge is 0.366 e. The lowest BCUT2D eigenvalue weighted by atomic mass is 9.64. The second-order valence-electron chi connectivity index (χ2n) is 18.1. The number of primary amides is 2. The monoisotopic (exact) mass is 636 g/mol. The van der Waals surface area contributed by atoms with E-state index in [0.717, 1.165) is 36.8 Å². The van der Waals surface area contributed by atoms with Crippen LogP contribution in [0.1, 0.15) is 134 Å². The van der Waals surface area contributed by atoms with Gasteiger partial charge < -0.3 is 11.5 Å². The van der Waals surface area contributed by atoms with Gasteiger partial charge in [0.05, 0.1) is 0 Å². The van der Waals surface area contributed by atoms with Crippen molar-refractivity contribution < 1.29 is 19.2 Å². The molecule has 0 aromatic carbocycles. The van der Waals surface area contributed by atoms with Crippen molar-refractivity contribution in [2.24, 2.45) is 56.8 Å². The number of ketones is 2. The van der Waals surface area contributed by atoms with Gasteiger partial charge in [-0.1, -0.05) is 120 Å². The normalized spacial score (nSPS) is 24.1. The van der Waals surface area contributed by atoms with Gasteiger partial charge in [-0.2, -0.15) is 0 Å². The van der Waals surface area contributed by atoms with E-state index in [0.29, 0.717) is 36.8 Å². The van der Waals surface area contributed by atoms with Crippen molar-refractivity contribution >= 4 is 23.4 Å². The summed E-state index contributed by atoms with van der Waals surface area (Å²) in [5.74, 6) is -0.632. The Morgan fingerprint density at radius 3 is 1.15 bits per heavy atom. The molecule has 0 aromatic rings. The number of nitrogens with two attached hydrogens (primary N) is 2. The molecule has 6 heteroatoms. The molecule has 4 atom stereocenters. The molecular formula is C40H64N2O4. The minimum absolute atomic E-state index is 0.0114. The van der Waals surface area contributed by atoms with Crippen LogP contribution in [0.2, 0.25) is 0 Å². The number of Topliss-reactive ketones (excluding diaryl/α,β-unsaturated/α-hetero) is 2. The lowest BCUT2D eigenvalue weighted by molar-refractivity contribution is -0.125. The Morgan fingerprint density at radius 2 is 0.913 bits per heavy atom. The number of allylic oxidation sites excluding steroid dienone is 6. The van der Waals surface area contributed by atoms with E-state index in [9.17, 15) is 19.2 Å². The van der Waals surface area contributed by atoms with Gasteiger partial charge in [0.2, 0.25) is 11.8 Å². The molecule has 0 radical (unpaired) electrons. The summed E-state index contributed by atoms with van der Waals surface area (Å²) in [6.07, 6.45) is 14.0. The molecule has 4 unspecified atom stereocenters. The minimum Gasteiger partial charge on any atom is -0.366 e. The molecule has 0 spiro atoms. The van der Waals surface area contributed by atoms with E-state index >= 15 is 0 Å². The first kappa shape index (κ1) is 39.4. The summed E-state index contributed by atoms with van der Waals surface area (Å²) in [6.45, 7) is 25.0. The smallest absolute Gasteiger partial charge is 0.244 e. The van der Waals surface area contributed by atoms with Crippen molar-refractivity contribution in [2.45, 2.75) is 134 Å². The molecule has 0 aromatic heterocycles. The summed E-state index contributed by atoms with van der Waals surface area (Å²) < 4.78 is 0. The van der Waals surface area contributed by atoms with Gasteiger partial charge in [-0.3, -0.25) is 19.2 Å². The van der Waals surface area contributed by atoms with Crippen molar-refractivity contribution in [2.75, 3.05) is 0 Å². The van der Waals surface area contributed by atoms with Crippen LogP contribution in [0.25, 0.3) is 0 Å². The van der Waals surface area contributed by atoms with E-state index in [-0.39, 0.29) is 56.9 Å². The summed E-state index contributed by atoms with van der Waals surface area (Å²) in [5.41, 5.74) is 13.7. The van der Waals surface area contributed by atoms with Crippen molar-refractivity contribution in [3.05, 3.63) is 46.6 Å². The average Bonchev–Trinajstić information content (AvgIpc) is 2.87. The first-order valence-electron chi connectivity index (χ1n) is 17.4. The lowest BCUT2D eigenvalue weighted by Gasteiger charge is -2.38. The van der Waals surface area contributed by atoms with Crippen LogP contribution in [-0.2, 0) is 19.2 Å². The molecule has 0 heterocycles. The minimum atomic E-state index is -0.406. The number of hydrogen-bond donors (Lipinski definition) is 2. The van der Waals surface area contributed by atoms with Crippen LogP contribution in [0, 0.1) is 45.3 Å². The summed E-state index contributed by atoms with van der Waals surface area (Å²) in [4.78, 5) is 51.6. The van der Waals surface area contributed by atoms with Gasteiger partial charge in [0, 0.05) is 23.0 Å². The summed E-state index contributed by atoms with van der Waals surface area (Å²) in [7, 11) is 0. The number of carbonyl (C=O) groups excluding carboxylic acids is 4. The van der Waals surface area contributed by atoms with Crippen LogP contribution >= 0.6 is 0 Å². The Balaban J connectivity index is 2.09. The van der Waals surface area contributed by atoms with Gasteiger partial charge in [0.15, 0.2) is 11.6 Å². The Kier molecular flexibility index (Phi) is 12.8. The standard InChI is InChI=1S/C40H64N2O4/c1-37(2,3)29-21-25(22-30(33(29)43)38(4,5)6)19-27(35(41)45)17-15-13-14-16-18-28(36(42)46)20-26-23-31(39(7,8)9)34(44)32(24-26)40(10,11)12/h19-21,23,25-26,30,32H,13-18,22,24H2,1-12H3,(H2,41,45)(H2,42,46). The molecule has 4 N–H and O–H groups in total. The van der Waals surface area contributed by atoms with Gasteiger partial charge in [-0.15, -0.1) is 0 Å². The van der Waals surface area contributed by atoms with Crippen molar-refractivity contribution in [1.82, 2.24) is 0 Å². The van der Waals surface area contributed by atoms with E-state index in [4.69, 9.17) is 11.5 Å². The molecule has 0 aliphatic heterocycles. The van der Waals surface area contributed by atoms with Crippen LogP contribution in [0.3, 0.4) is 0 Å². The Labute approximate surface area is 280 Å². The van der Waals surface area contributed by atoms with Crippen molar-refractivity contribution in [3.63, 3.8) is 0 Å². The maximum atomic E-state index is 13.3. The molecule has 0 fully saturated rings. The van der Waals surface area contributed by atoms with Crippen molar-refractivity contribution in [1.29, 1.82) is 0 Å². The molecule has 2 rings (SSSR count). The first-order chi connectivity index (χ1) is 20.8. The number of carbonyl (C=O) groups is 4. The highest BCUT2D eigenvalue weighted by Gasteiger charge is 2.42. The number of amides is 2. The highest BCUT2D eigenvalue weighted by Crippen LogP contribution is 2.44. The third kappa shape index (κ3) is 10.9. The molecule has 258 valence electrons. The molecule has 0 saturated carbocycles. The van der Waals surface area contributed by atoms with E-state index in [1.54, 1.807) is 0 Å². The van der Waals surface area contributed by atoms with Crippen LogP contribution in [0.5, 0.6) is 0 Å². The first-order valence-corrected chi connectivity index (χ1v) is 17.4. The molecule has 46 heavy (non-hydrogen) atoms.